The number of hydrogen-bond donors (Lipinski definition) is 1. The van der Waals surface area contributed by atoms with E-state index < -0.39 is 22.4 Å². The molecule has 0 bridgehead atoms. The van der Waals surface area contributed by atoms with Crippen molar-refractivity contribution in [3.63, 3.8) is 0 Å². The molecular weight excluding hydrogens is 284 g/mol. The fourth-order valence-electron chi connectivity index (χ4n) is 1.57. The minimum absolute atomic E-state index is 0.0210. The van der Waals surface area contributed by atoms with Crippen LogP contribution < -0.4 is 10.5 Å². The van der Waals surface area contributed by atoms with Crippen LogP contribution >= 0.6 is 0 Å². The van der Waals surface area contributed by atoms with Gasteiger partial charge in [-0.25, -0.2) is 8.78 Å². The quantitative estimate of drug-likeness (QED) is 0.863. The number of nitrogens with two attached hydrogens (primary N) is 1. The van der Waals surface area contributed by atoms with Gasteiger partial charge in [-0.1, -0.05) is 0 Å². The second-order valence-corrected chi connectivity index (χ2v) is 5.58. The molecule has 0 aromatic heterocycles. The third-order valence-electron chi connectivity index (χ3n) is 2.56. The van der Waals surface area contributed by atoms with E-state index in [-0.39, 0.29) is 17.3 Å². The molecule has 0 heterocycles. The smallest absolute Gasteiger partial charge is 0.142 e. The average Bonchev–Trinajstić information content (AvgIpc) is 2.41. The van der Waals surface area contributed by atoms with Crippen LogP contribution in [0.2, 0.25) is 0 Å². The first-order valence-electron chi connectivity index (χ1n) is 5.88. The maximum absolute atomic E-state index is 13.4. The van der Waals surface area contributed by atoms with Gasteiger partial charge in [0.25, 0.3) is 0 Å². The van der Waals surface area contributed by atoms with Crippen molar-refractivity contribution in [3.05, 3.63) is 54.1 Å². The Morgan fingerprint density at radius 1 is 1.10 bits per heavy atom. The van der Waals surface area contributed by atoms with Crippen LogP contribution in [0.1, 0.15) is 0 Å². The summed E-state index contributed by atoms with van der Waals surface area (Å²) in [5, 5.41) is 0. The molecule has 106 valence electrons. The molecule has 1 unspecified atom stereocenters. The Kier molecular flexibility index (Phi) is 4.68. The zero-order valence-corrected chi connectivity index (χ0v) is 11.3. The number of hydrogen-bond acceptors (Lipinski definition) is 3. The van der Waals surface area contributed by atoms with Gasteiger partial charge in [-0.3, -0.25) is 4.21 Å². The van der Waals surface area contributed by atoms with Gasteiger partial charge < -0.3 is 10.5 Å². The lowest BCUT2D eigenvalue weighted by atomic mass is 10.3. The maximum Gasteiger partial charge on any atom is 0.142 e. The number of nitrogen functional groups attached to an aromatic ring is 1. The molecule has 0 fully saturated rings. The molecule has 2 aromatic rings. The second-order valence-electron chi connectivity index (χ2n) is 4.04. The van der Waals surface area contributed by atoms with E-state index in [0.717, 1.165) is 6.07 Å². The molecule has 0 saturated carbocycles. The highest BCUT2D eigenvalue weighted by Crippen LogP contribution is 2.15. The van der Waals surface area contributed by atoms with E-state index >= 15 is 0 Å². The van der Waals surface area contributed by atoms with Crippen molar-refractivity contribution in [1.29, 1.82) is 0 Å². The molecule has 2 rings (SSSR count). The second kappa shape index (κ2) is 6.47. The van der Waals surface area contributed by atoms with E-state index in [0.29, 0.717) is 17.5 Å². The van der Waals surface area contributed by atoms with Gasteiger partial charge in [0.05, 0.1) is 21.4 Å². The van der Waals surface area contributed by atoms with Gasteiger partial charge in [0.15, 0.2) is 0 Å². The van der Waals surface area contributed by atoms with Gasteiger partial charge in [-0.15, -0.1) is 0 Å². The van der Waals surface area contributed by atoms with Gasteiger partial charge in [-0.05, 0) is 36.4 Å². The Labute approximate surface area is 117 Å². The normalized spacial score (nSPS) is 12.1. The Bertz CT molecular complexity index is 617. The number of rotatable bonds is 5. The van der Waals surface area contributed by atoms with Crippen LogP contribution in [0.4, 0.5) is 14.5 Å². The molecule has 1 atom stereocenters. The monoisotopic (exact) mass is 297 g/mol. The number of ether oxygens (including phenoxy) is 1. The third-order valence-corrected chi connectivity index (χ3v) is 3.92. The highest BCUT2D eigenvalue weighted by Gasteiger charge is 2.11. The third kappa shape index (κ3) is 3.77. The summed E-state index contributed by atoms with van der Waals surface area (Å²) in [7, 11) is -1.57. The van der Waals surface area contributed by atoms with Crippen LogP contribution in [0.3, 0.4) is 0 Å². The van der Waals surface area contributed by atoms with Crippen molar-refractivity contribution in [2.45, 2.75) is 4.90 Å². The number of anilines is 1. The van der Waals surface area contributed by atoms with Crippen molar-refractivity contribution in [1.82, 2.24) is 0 Å². The highest BCUT2D eigenvalue weighted by atomic mass is 32.2. The first-order chi connectivity index (χ1) is 9.56. The Balaban J connectivity index is 1.90. The molecule has 0 aliphatic heterocycles. The Hall–Kier alpha value is -1.95. The Morgan fingerprint density at radius 2 is 1.80 bits per heavy atom. The summed E-state index contributed by atoms with van der Waals surface area (Å²) in [4.78, 5) is -0.0210. The van der Waals surface area contributed by atoms with E-state index in [9.17, 15) is 13.0 Å². The van der Waals surface area contributed by atoms with Gasteiger partial charge in [0.1, 0.15) is 24.0 Å². The Morgan fingerprint density at radius 3 is 2.45 bits per heavy atom. The van der Waals surface area contributed by atoms with E-state index in [1.54, 1.807) is 24.3 Å². The largest absolute Gasteiger partial charge is 0.493 e. The summed E-state index contributed by atoms with van der Waals surface area (Å²) < 4.78 is 43.4. The minimum atomic E-state index is -1.57. The van der Waals surface area contributed by atoms with Gasteiger partial charge in [0.2, 0.25) is 0 Å². The van der Waals surface area contributed by atoms with E-state index in [1.807, 2.05) is 0 Å². The molecule has 0 aliphatic rings. The fraction of sp³-hybridized carbons (Fsp3) is 0.143. The average molecular weight is 297 g/mol. The molecular formula is C14H13F2NO2S. The number of halogens is 2. The van der Waals surface area contributed by atoms with Crippen LogP contribution in [-0.4, -0.2) is 16.6 Å². The fourth-order valence-corrected chi connectivity index (χ4v) is 2.52. The molecule has 0 radical (unpaired) electrons. The van der Waals surface area contributed by atoms with Crippen LogP contribution in [0.15, 0.2) is 47.4 Å². The lowest BCUT2D eigenvalue weighted by molar-refractivity contribution is 0.342. The SMILES string of the molecule is Nc1ccc(OCCS(=O)c2ccc(F)cc2F)cc1. The lowest BCUT2D eigenvalue weighted by Crippen LogP contribution is -2.10. The predicted molar refractivity (Wildman–Crippen MR) is 74.0 cm³/mol. The molecule has 0 amide bonds. The van der Waals surface area contributed by atoms with Crippen LogP contribution in [0.25, 0.3) is 0 Å². The summed E-state index contributed by atoms with van der Waals surface area (Å²) in [6.07, 6.45) is 0. The summed E-state index contributed by atoms with van der Waals surface area (Å²) >= 11 is 0. The topological polar surface area (TPSA) is 52.3 Å². The van der Waals surface area contributed by atoms with Crippen molar-refractivity contribution in [2.75, 3.05) is 18.1 Å². The maximum atomic E-state index is 13.4. The van der Waals surface area contributed by atoms with Gasteiger partial charge >= 0.3 is 0 Å². The molecule has 20 heavy (non-hydrogen) atoms. The molecule has 2 aromatic carbocycles. The van der Waals surface area contributed by atoms with Gasteiger partial charge in [0, 0.05) is 11.8 Å². The van der Waals surface area contributed by atoms with Gasteiger partial charge in [-0.2, -0.15) is 0 Å². The zero-order valence-electron chi connectivity index (χ0n) is 10.5. The molecule has 3 nitrogen and oxygen atoms in total. The van der Waals surface area contributed by atoms with E-state index in [4.69, 9.17) is 10.5 Å². The summed E-state index contributed by atoms with van der Waals surface area (Å²) in [6.45, 7) is 0.160. The highest BCUT2D eigenvalue weighted by molar-refractivity contribution is 7.85. The van der Waals surface area contributed by atoms with Crippen molar-refractivity contribution in [3.8, 4) is 5.75 Å². The van der Waals surface area contributed by atoms with E-state index in [2.05, 4.69) is 0 Å². The first kappa shape index (κ1) is 14.5. The molecule has 2 N–H and O–H groups in total. The van der Waals surface area contributed by atoms with Crippen molar-refractivity contribution < 1.29 is 17.7 Å². The molecule has 0 saturated heterocycles. The van der Waals surface area contributed by atoms with Crippen LogP contribution in [0, 0.1) is 11.6 Å². The van der Waals surface area contributed by atoms with Crippen molar-refractivity contribution in [2.24, 2.45) is 0 Å². The van der Waals surface area contributed by atoms with Crippen LogP contribution in [-0.2, 0) is 10.8 Å². The lowest BCUT2D eigenvalue weighted by Gasteiger charge is -2.07. The molecule has 0 spiro atoms. The first-order valence-corrected chi connectivity index (χ1v) is 7.20. The summed E-state index contributed by atoms with van der Waals surface area (Å²) in [6, 6.07) is 9.74. The van der Waals surface area contributed by atoms with Crippen molar-refractivity contribution >= 4 is 16.5 Å². The molecule has 0 aliphatic carbocycles. The minimum Gasteiger partial charge on any atom is -0.493 e. The summed E-state index contributed by atoms with van der Waals surface area (Å²) in [5.41, 5.74) is 6.15. The number of benzene rings is 2. The zero-order chi connectivity index (χ0) is 14.5. The van der Waals surface area contributed by atoms with E-state index in [1.165, 1.54) is 6.07 Å². The van der Waals surface area contributed by atoms with Crippen LogP contribution in [0.5, 0.6) is 5.75 Å². The predicted octanol–water partition coefficient (Wildman–Crippen LogP) is 2.73. The molecule has 6 heteroatoms. The summed E-state index contributed by atoms with van der Waals surface area (Å²) in [5.74, 6) is -0.791. The standard InChI is InChI=1S/C14H13F2NO2S/c15-10-1-6-14(13(16)9-10)20(18)8-7-19-12-4-2-11(17)3-5-12/h1-6,9H,7-8,17H2.